The van der Waals surface area contributed by atoms with Crippen molar-refractivity contribution in [3.05, 3.63) is 110 Å². The van der Waals surface area contributed by atoms with E-state index in [1.807, 2.05) is 0 Å². The number of nitrogens with one attached hydrogen (secondary N) is 1. The molecule has 0 aliphatic heterocycles. The molecule has 1 aromatic heterocycles. The Morgan fingerprint density at radius 2 is 1.55 bits per heavy atom. The van der Waals surface area contributed by atoms with Crippen molar-refractivity contribution in [2.75, 3.05) is 0 Å². The van der Waals surface area contributed by atoms with Gasteiger partial charge in [-0.15, -0.1) is 0 Å². The van der Waals surface area contributed by atoms with Crippen molar-refractivity contribution in [1.82, 2.24) is 14.6 Å². The monoisotopic (exact) mass is 455 g/mol. The second kappa shape index (κ2) is 8.40. The molecule has 10 heteroatoms. The lowest BCUT2D eigenvalue weighted by Crippen LogP contribution is -2.40. The summed E-state index contributed by atoms with van der Waals surface area (Å²) in [5.74, 6) is -0.721. The number of halogens is 3. The Hall–Kier alpha value is -4.18. The van der Waals surface area contributed by atoms with E-state index in [2.05, 4.69) is 0 Å². The average Bonchev–Trinajstić information content (AvgIpc) is 2.81. The molecule has 7 nitrogen and oxygen atoms in total. The van der Waals surface area contributed by atoms with Crippen LogP contribution >= 0.6 is 0 Å². The lowest BCUT2D eigenvalue weighted by molar-refractivity contribution is -0.137. The van der Waals surface area contributed by atoms with Gasteiger partial charge < -0.3 is 0 Å². The fraction of sp³-hybridized carbons (Fsp3) is 0.0870. The number of hydrogen-bond donors (Lipinski definition) is 2. The summed E-state index contributed by atoms with van der Waals surface area (Å²) in [4.78, 5) is 38.0. The van der Waals surface area contributed by atoms with Gasteiger partial charge in [0, 0.05) is 5.56 Å². The summed E-state index contributed by atoms with van der Waals surface area (Å²) in [6.45, 7) is -0.0746. The summed E-state index contributed by atoms with van der Waals surface area (Å²) < 4.78 is 42.6. The zero-order valence-corrected chi connectivity index (χ0v) is 16.8. The number of alkyl halides is 3. The SMILES string of the molecule is O=C(NO)c1ccc(Cn2c(=O)n(-c3ccccc3C(F)(F)F)c(=O)c3ccccc32)cc1. The summed E-state index contributed by atoms with van der Waals surface area (Å²) in [7, 11) is 0. The van der Waals surface area contributed by atoms with E-state index in [-0.39, 0.29) is 23.0 Å². The summed E-state index contributed by atoms with van der Waals surface area (Å²) in [6, 6.07) is 16.4. The number of rotatable bonds is 4. The molecule has 0 aliphatic rings. The Morgan fingerprint density at radius 3 is 2.21 bits per heavy atom. The maximum absolute atomic E-state index is 13.6. The van der Waals surface area contributed by atoms with E-state index in [9.17, 15) is 27.6 Å². The Bertz CT molecular complexity index is 1470. The predicted molar refractivity (Wildman–Crippen MR) is 114 cm³/mol. The van der Waals surface area contributed by atoms with Crippen LogP contribution in [0.5, 0.6) is 0 Å². The third-order valence-corrected chi connectivity index (χ3v) is 5.16. The zero-order chi connectivity index (χ0) is 23.8. The van der Waals surface area contributed by atoms with E-state index >= 15 is 0 Å². The second-order valence-electron chi connectivity index (χ2n) is 7.18. The molecule has 0 bridgehead atoms. The first-order valence-corrected chi connectivity index (χ1v) is 9.67. The third-order valence-electron chi connectivity index (χ3n) is 5.16. The molecule has 4 aromatic rings. The van der Waals surface area contributed by atoms with Gasteiger partial charge in [0.25, 0.3) is 11.5 Å². The zero-order valence-electron chi connectivity index (χ0n) is 16.8. The van der Waals surface area contributed by atoms with Crippen LogP contribution in [0.25, 0.3) is 16.6 Å². The van der Waals surface area contributed by atoms with Crippen molar-refractivity contribution in [2.45, 2.75) is 12.7 Å². The number of hydroxylamine groups is 1. The van der Waals surface area contributed by atoms with Crippen LogP contribution in [-0.2, 0) is 12.7 Å². The van der Waals surface area contributed by atoms with Gasteiger partial charge in [-0.1, -0.05) is 36.4 Å². The number of para-hydroxylation sites is 2. The summed E-state index contributed by atoms with van der Waals surface area (Å²) >= 11 is 0. The van der Waals surface area contributed by atoms with Gasteiger partial charge in [-0.25, -0.2) is 14.8 Å². The number of carbonyl (C=O) groups is 1. The van der Waals surface area contributed by atoms with Gasteiger partial charge in [0.1, 0.15) is 0 Å². The number of fused-ring (bicyclic) bond motifs is 1. The minimum absolute atomic E-state index is 0.0744. The Labute approximate surface area is 183 Å². The van der Waals surface area contributed by atoms with Crippen LogP contribution in [0, 0.1) is 0 Å². The van der Waals surface area contributed by atoms with Crippen LogP contribution in [0.2, 0.25) is 0 Å². The second-order valence-corrected chi connectivity index (χ2v) is 7.18. The molecular weight excluding hydrogens is 439 g/mol. The van der Waals surface area contributed by atoms with Crippen LogP contribution in [0.3, 0.4) is 0 Å². The molecule has 1 amide bonds. The van der Waals surface area contributed by atoms with Gasteiger partial charge in [-0.3, -0.25) is 19.4 Å². The number of benzene rings is 3. The largest absolute Gasteiger partial charge is 0.418 e. The molecule has 1 heterocycles. The molecule has 0 spiro atoms. The van der Waals surface area contributed by atoms with Crippen molar-refractivity contribution in [2.24, 2.45) is 0 Å². The van der Waals surface area contributed by atoms with Crippen LogP contribution in [0.1, 0.15) is 21.5 Å². The van der Waals surface area contributed by atoms with Crippen molar-refractivity contribution in [3.8, 4) is 5.69 Å². The first-order chi connectivity index (χ1) is 15.7. The maximum Gasteiger partial charge on any atom is 0.418 e. The molecule has 0 aliphatic carbocycles. The fourth-order valence-electron chi connectivity index (χ4n) is 3.60. The minimum Gasteiger partial charge on any atom is -0.288 e. The summed E-state index contributed by atoms with van der Waals surface area (Å²) in [6.07, 6.45) is -4.78. The van der Waals surface area contributed by atoms with E-state index in [1.165, 1.54) is 58.6 Å². The highest BCUT2D eigenvalue weighted by molar-refractivity contribution is 5.93. The highest BCUT2D eigenvalue weighted by Crippen LogP contribution is 2.33. The highest BCUT2D eigenvalue weighted by Gasteiger charge is 2.34. The normalized spacial score (nSPS) is 11.5. The van der Waals surface area contributed by atoms with Crippen LogP contribution in [0.15, 0.2) is 82.4 Å². The number of carbonyl (C=O) groups excluding carboxylic acids is 1. The lowest BCUT2D eigenvalue weighted by atomic mass is 10.1. The smallest absolute Gasteiger partial charge is 0.288 e. The Morgan fingerprint density at radius 1 is 0.909 bits per heavy atom. The van der Waals surface area contributed by atoms with Crippen molar-refractivity contribution in [3.63, 3.8) is 0 Å². The lowest BCUT2D eigenvalue weighted by Gasteiger charge is -2.17. The summed E-state index contributed by atoms with van der Waals surface area (Å²) in [5.41, 5.74) is -0.987. The van der Waals surface area contributed by atoms with E-state index in [1.54, 1.807) is 12.1 Å². The predicted octanol–water partition coefficient (Wildman–Crippen LogP) is 3.34. The molecule has 168 valence electrons. The van der Waals surface area contributed by atoms with E-state index in [4.69, 9.17) is 5.21 Å². The van der Waals surface area contributed by atoms with E-state index in [0.717, 1.165) is 12.1 Å². The van der Waals surface area contributed by atoms with Crippen molar-refractivity contribution < 1.29 is 23.2 Å². The van der Waals surface area contributed by atoms with Gasteiger partial charge in [-0.05, 0) is 42.0 Å². The molecule has 3 aromatic carbocycles. The number of aromatic nitrogens is 2. The molecule has 0 fully saturated rings. The fourth-order valence-corrected chi connectivity index (χ4v) is 3.60. The Kier molecular flexibility index (Phi) is 5.60. The summed E-state index contributed by atoms with van der Waals surface area (Å²) in [5, 5.41) is 8.81. The molecule has 0 radical (unpaired) electrons. The number of amides is 1. The van der Waals surface area contributed by atoms with Gasteiger partial charge in [0.05, 0.1) is 28.7 Å². The molecule has 4 rings (SSSR count). The van der Waals surface area contributed by atoms with E-state index < -0.39 is 34.6 Å². The molecule has 0 atom stereocenters. The van der Waals surface area contributed by atoms with Crippen LogP contribution < -0.4 is 16.7 Å². The van der Waals surface area contributed by atoms with Crippen LogP contribution in [0.4, 0.5) is 13.2 Å². The van der Waals surface area contributed by atoms with Gasteiger partial charge in [0.15, 0.2) is 0 Å². The van der Waals surface area contributed by atoms with Crippen LogP contribution in [-0.4, -0.2) is 20.2 Å². The van der Waals surface area contributed by atoms with Crippen molar-refractivity contribution in [1.29, 1.82) is 0 Å². The molecule has 33 heavy (non-hydrogen) atoms. The first kappa shape index (κ1) is 22.0. The molecule has 0 saturated carbocycles. The maximum atomic E-state index is 13.6. The third kappa shape index (κ3) is 4.03. The van der Waals surface area contributed by atoms with Gasteiger partial charge in [0.2, 0.25) is 0 Å². The highest BCUT2D eigenvalue weighted by atomic mass is 19.4. The molecule has 0 saturated heterocycles. The quantitative estimate of drug-likeness (QED) is 0.365. The average molecular weight is 455 g/mol. The molecule has 2 N–H and O–H groups in total. The standard InChI is InChI=1S/C23H16F3N3O4/c24-23(25,26)17-6-2-4-8-19(17)29-21(31)16-5-1-3-7-18(16)28(22(29)32)13-14-9-11-15(12-10-14)20(30)27-33/h1-12,33H,13H2,(H,27,30). The first-order valence-electron chi connectivity index (χ1n) is 9.67. The topological polar surface area (TPSA) is 93.3 Å². The van der Waals surface area contributed by atoms with Gasteiger partial charge >= 0.3 is 11.9 Å². The molecular formula is C23H16F3N3O4. The molecule has 0 unspecified atom stereocenters. The minimum atomic E-state index is -4.78. The van der Waals surface area contributed by atoms with E-state index in [0.29, 0.717) is 10.1 Å². The number of nitrogens with zero attached hydrogens (tertiary/aromatic N) is 2. The number of hydrogen-bond acceptors (Lipinski definition) is 4. The van der Waals surface area contributed by atoms with Gasteiger partial charge in [-0.2, -0.15) is 13.2 Å². The van der Waals surface area contributed by atoms with Crippen molar-refractivity contribution >= 4 is 16.8 Å². The Balaban J connectivity index is 1.95.